The predicted molar refractivity (Wildman–Crippen MR) is 143 cm³/mol. The first-order valence-corrected chi connectivity index (χ1v) is 12.5. The summed E-state index contributed by atoms with van der Waals surface area (Å²) in [4.78, 5) is 31.4. The van der Waals surface area contributed by atoms with Crippen molar-refractivity contribution in [1.82, 2.24) is 19.3 Å². The zero-order valence-corrected chi connectivity index (χ0v) is 21.8. The van der Waals surface area contributed by atoms with E-state index in [1.807, 2.05) is 31.2 Å². The van der Waals surface area contributed by atoms with Crippen LogP contribution in [0.15, 0.2) is 47.4 Å². The zero-order valence-electron chi connectivity index (χ0n) is 21.8. The van der Waals surface area contributed by atoms with E-state index in [1.54, 1.807) is 31.0 Å². The topological polar surface area (TPSA) is 111 Å². The molecule has 9 heteroatoms. The number of fused-ring (bicyclic) bond motifs is 2. The Hall–Kier alpha value is -4.14. The second-order valence-corrected chi connectivity index (χ2v) is 9.00. The van der Waals surface area contributed by atoms with Gasteiger partial charge in [0.25, 0.3) is 11.5 Å². The maximum atomic E-state index is 13.5. The lowest BCUT2D eigenvalue weighted by molar-refractivity contribution is 0.0950. The minimum absolute atomic E-state index is 0.0193. The molecule has 0 unspecified atom stereocenters. The molecule has 0 radical (unpaired) electrons. The van der Waals surface area contributed by atoms with Crippen LogP contribution in [0, 0.1) is 12.3 Å². The van der Waals surface area contributed by atoms with Gasteiger partial charge in [-0.25, -0.2) is 4.98 Å². The van der Waals surface area contributed by atoms with E-state index in [4.69, 9.17) is 19.9 Å². The highest BCUT2D eigenvalue weighted by molar-refractivity contribution is 5.96. The number of pyridine rings is 2. The van der Waals surface area contributed by atoms with Gasteiger partial charge in [0.2, 0.25) is 0 Å². The summed E-state index contributed by atoms with van der Waals surface area (Å²) in [7, 11) is 3.17. The molecule has 4 rings (SSSR count). The molecule has 4 aromatic rings. The maximum Gasteiger partial charge on any atom is 0.267 e. The van der Waals surface area contributed by atoms with Gasteiger partial charge in [-0.1, -0.05) is 31.9 Å². The number of amides is 1. The Morgan fingerprint density at radius 3 is 2.59 bits per heavy atom. The van der Waals surface area contributed by atoms with Crippen molar-refractivity contribution in [3.05, 3.63) is 75.1 Å². The third-order valence-corrected chi connectivity index (χ3v) is 6.52. The van der Waals surface area contributed by atoms with Crippen molar-refractivity contribution < 1.29 is 14.3 Å². The van der Waals surface area contributed by atoms with E-state index >= 15 is 0 Å². The van der Waals surface area contributed by atoms with Gasteiger partial charge < -0.3 is 19.4 Å². The number of carbonyl (C=O) groups is 1. The first kappa shape index (κ1) is 25.9. The minimum Gasteiger partial charge on any atom is -0.493 e. The predicted octanol–water partition coefficient (Wildman–Crippen LogP) is 3.62. The molecule has 1 amide bonds. The van der Waals surface area contributed by atoms with Crippen LogP contribution in [0.25, 0.3) is 16.7 Å². The number of ether oxygens (including phenoxy) is 2. The van der Waals surface area contributed by atoms with E-state index in [0.717, 1.165) is 30.4 Å². The smallest absolute Gasteiger partial charge is 0.267 e. The molecule has 0 aliphatic carbocycles. The molecule has 0 saturated carbocycles. The van der Waals surface area contributed by atoms with Crippen molar-refractivity contribution in [3.8, 4) is 11.5 Å². The van der Waals surface area contributed by atoms with Gasteiger partial charge in [-0.2, -0.15) is 0 Å². The molecule has 2 N–H and O–H groups in total. The maximum absolute atomic E-state index is 13.5. The summed E-state index contributed by atoms with van der Waals surface area (Å²) in [6.07, 6.45) is 5.11. The number of rotatable bonds is 10. The number of nitrogens with zero attached hydrogens (tertiary/aromatic N) is 3. The normalized spacial score (nSPS) is 11.1. The molecule has 0 bridgehead atoms. The summed E-state index contributed by atoms with van der Waals surface area (Å²) in [5.74, 6) is 0.875. The first-order valence-electron chi connectivity index (χ1n) is 12.5. The Balaban J connectivity index is 1.83. The number of hydrogen-bond donors (Lipinski definition) is 2. The van der Waals surface area contributed by atoms with Gasteiger partial charge in [-0.05, 0) is 55.2 Å². The van der Waals surface area contributed by atoms with Crippen molar-refractivity contribution in [2.75, 3.05) is 20.8 Å². The second-order valence-electron chi connectivity index (χ2n) is 9.00. The molecule has 0 fully saturated rings. The average Bonchev–Trinajstić information content (AvgIpc) is 2.91. The van der Waals surface area contributed by atoms with Crippen LogP contribution in [0.4, 0.5) is 0 Å². The summed E-state index contributed by atoms with van der Waals surface area (Å²) in [6, 6.07) is 10.8. The van der Waals surface area contributed by atoms with Gasteiger partial charge in [0.15, 0.2) is 11.5 Å². The van der Waals surface area contributed by atoms with Crippen LogP contribution >= 0.6 is 0 Å². The van der Waals surface area contributed by atoms with Crippen LogP contribution in [-0.2, 0) is 13.0 Å². The lowest BCUT2D eigenvalue weighted by Crippen LogP contribution is -2.35. The molecule has 9 nitrogen and oxygen atoms in total. The number of unbranched alkanes of at least 4 members (excludes halogenated alkanes) is 2. The SMILES string of the molecule is CCCCCNC(=O)c1cc2c(=O)n3cccc(C)c3nc2n(CCc2ccc(OC)c(OC)c2)c1=N. The summed E-state index contributed by atoms with van der Waals surface area (Å²) in [5, 5.41) is 12.1. The Morgan fingerprint density at radius 1 is 1.08 bits per heavy atom. The van der Waals surface area contributed by atoms with Crippen molar-refractivity contribution in [3.63, 3.8) is 0 Å². The van der Waals surface area contributed by atoms with Crippen molar-refractivity contribution >= 4 is 22.6 Å². The van der Waals surface area contributed by atoms with Gasteiger partial charge in [0.05, 0.1) is 25.2 Å². The van der Waals surface area contributed by atoms with Gasteiger partial charge in [0, 0.05) is 19.3 Å². The lowest BCUT2D eigenvalue weighted by atomic mass is 10.1. The number of nitrogens with one attached hydrogen (secondary N) is 2. The summed E-state index contributed by atoms with van der Waals surface area (Å²) < 4.78 is 13.9. The van der Waals surface area contributed by atoms with E-state index in [1.165, 1.54) is 10.5 Å². The van der Waals surface area contributed by atoms with E-state index in [2.05, 4.69) is 12.2 Å². The fourth-order valence-electron chi connectivity index (χ4n) is 4.44. The molecule has 0 spiro atoms. The van der Waals surface area contributed by atoms with Crippen LogP contribution in [0.5, 0.6) is 11.5 Å². The van der Waals surface area contributed by atoms with Crippen LogP contribution in [0.2, 0.25) is 0 Å². The quantitative estimate of drug-likeness (QED) is 0.254. The van der Waals surface area contributed by atoms with Crippen molar-refractivity contribution in [2.24, 2.45) is 0 Å². The molecule has 0 aliphatic heterocycles. The average molecular weight is 504 g/mol. The highest BCUT2D eigenvalue weighted by Gasteiger charge is 2.18. The molecule has 1 aromatic carbocycles. The van der Waals surface area contributed by atoms with Crippen LogP contribution in [0.3, 0.4) is 0 Å². The zero-order chi connectivity index (χ0) is 26.5. The van der Waals surface area contributed by atoms with Crippen LogP contribution in [-0.4, -0.2) is 40.6 Å². The fourth-order valence-corrected chi connectivity index (χ4v) is 4.44. The molecule has 3 heterocycles. The molecule has 3 aromatic heterocycles. The summed E-state index contributed by atoms with van der Waals surface area (Å²) in [5.41, 5.74) is 2.61. The molecule has 194 valence electrons. The molecular formula is C28H33N5O4. The van der Waals surface area contributed by atoms with Gasteiger partial charge in [-0.3, -0.25) is 19.4 Å². The van der Waals surface area contributed by atoms with Crippen molar-refractivity contribution in [1.29, 1.82) is 5.41 Å². The Bertz CT molecular complexity index is 1570. The number of methoxy groups -OCH3 is 2. The number of benzene rings is 1. The lowest BCUT2D eigenvalue weighted by Gasteiger charge is -2.16. The van der Waals surface area contributed by atoms with E-state index in [-0.39, 0.29) is 22.5 Å². The number of aryl methyl sites for hydroxylation is 3. The monoisotopic (exact) mass is 503 g/mol. The summed E-state index contributed by atoms with van der Waals surface area (Å²) >= 11 is 0. The minimum atomic E-state index is -0.364. The molecule has 37 heavy (non-hydrogen) atoms. The Morgan fingerprint density at radius 2 is 1.86 bits per heavy atom. The standard InChI is InChI=1S/C28H33N5O4/c1-5-6-7-13-30-27(34)20-17-21-26(31-25-18(2)9-8-14-33(25)28(21)35)32(24(20)29)15-12-19-10-11-22(36-3)23(16-19)37-4/h8-11,14,16-17,29H,5-7,12-13,15H2,1-4H3,(H,30,34). The highest BCUT2D eigenvalue weighted by atomic mass is 16.5. The first-order chi connectivity index (χ1) is 17.9. The van der Waals surface area contributed by atoms with Gasteiger partial charge in [0.1, 0.15) is 16.8 Å². The van der Waals surface area contributed by atoms with Crippen molar-refractivity contribution in [2.45, 2.75) is 46.1 Å². The van der Waals surface area contributed by atoms with E-state index in [0.29, 0.717) is 47.7 Å². The Labute approximate surface area is 215 Å². The third-order valence-electron chi connectivity index (χ3n) is 6.52. The van der Waals surface area contributed by atoms with E-state index in [9.17, 15) is 9.59 Å². The van der Waals surface area contributed by atoms with E-state index < -0.39 is 0 Å². The van der Waals surface area contributed by atoms with Crippen LogP contribution < -0.4 is 25.8 Å². The van der Waals surface area contributed by atoms with Gasteiger partial charge >= 0.3 is 0 Å². The Kier molecular flexibility index (Phi) is 7.91. The second kappa shape index (κ2) is 11.3. The van der Waals surface area contributed by atoms with Crippen LogP contribution in [0.1, 0.15) is 47.7 Å². The number of carbonyl (C=O) groups excluding carboxylic acids is 1. The number of hydrogen-bond acceptors (Lipinski definition) is 6. The molecule has 0 saturated heterocycles. The summed E-state index contributed by atoms with van der Waals surface area (Å²) in [6.45, 7) is 4.85. The fraction of sp³-hybridized carbons (Fsp3) is 0.357. The van der Waals surface area contributed by atoms with Gasteiger partial charge in [-0.15, -0.1) is 0 Å². The third kappa shape index (κ3) is 5.21. The largest absolute Gasteiger partial charge is 0.493 e. The molecule has 0 aliphatic rings. The molecule has 0 atom stereocenters. The molecular weight excluding hydrogens is 470 g/mol. The number of aromatic nitrogens is 3. The highest BCUT2D eigenvalue weighted by Crippen LogP contribution is 2.28.